The maximum absolute atomic E-state index is 9.87. The molecule has 0 amide bonds. The Labute approximate surface area is 96.3 Å². The summed E-state index contributed by atoms with van der Waals surface area (Å²) in [6, 6.07) is 0.398. The summed E-state index contributed by atoms with van der Waals surface area (Å²) in [6.45, 7) is 2.29. The van der Waals surface area contributed by atoms with E-state index >= 15 is 0 Å². The summed E-state index contributed by atoms with van der Waals surface area (Å²) < 4.78 is 16.1. The lowest BCUT2D eigenvalue weighted by molar-refractivity contribution is -0.157. The molecule has 2 heterocycles. The highest BCUT2D eigenvalue weighted by Crippen LogP contribution is 2.25. The molecule has 4 unspecified atom stereocenters. The Hall–Kier alpha value is -0.200. The first-order valence-corrected chi connectivity index (χ1v) is 5.83. The van der Waals surface area contributed by atoms with Crippen LogP contribution in [-0.2, 0) is 14.2 Å². The average Bonchev–Trinajstić information content (AvgIpc) is 2.82. The standard InChI is InChI=1S/C11H21NO4/c1-14-10-6-12(8-3-4-16-7-8)11(15-2)5-9(10)13/h8-11,13H,3-7H2,1-2H3. The van der Waals surface area contributed by atoms with Crippen molar-refractivity contribution in [3.8, 4) is 0 Å². The van der Waals surface area contributed by atoms with Gasteiger partial charge in [-0.1, -0.05) is 0 Å². The monoisotopic (exact) mass is 231 g/mol. The van der Waals surface area contributed by atoms with E-state index in [2.05, 4.69) is 4.90 Å². The summed E-state index contributed by atoms with van der Waals surface area (Å²) in [5, 5.41) is 9.87. The van der Waals surface area contributed by atoms with Gasteiger partial charge in [0.05, 0.1) is 18.8 Å². The molecule has 0 radical (unpaired) electrons. The second-order valence-electron chi connectivity index (χ2n) is 4.48. The summed E-state index contributed by atoms with van der Waals surface area (Å²) in [7, 11) is 3.33. The van der Waals surface area contributed by atoms with Gasteiger partial charge < -0.3 is 19.3 Å². The number of ether oxygens (including phenoxy) is 3. The van der Waals surface area contributed by atoms with Crippen LogP contribution in [0, 0.1) is 0 Å². The molecule has 2 aliphatic rings. The van der Waals surface area contributed by atoms with E-state index in [0.717, 1.165) is 19.6 Å². The minimum Gasteiger partial charge on any atom is -0.390 e. The van der Waals surface area contributed by atoms with E-state index in [-0.39, 0.29) is 12.3 Å². The van der Waals surface area contributed by atoms with Crippen LogP contribution >= 0.6 is 0 Å². The lowest BCUT2D eigenvalue weighted by atomic mass is 10.0. The number of likely N-dealkylation sites (tertiary alicyclic amines) is 1. The van der Waals surface area contributed by atoms with Crippen molar-refractivity contribution in [2.45, 2.75) is 37.3 Å². The Bertz CT molecular complexity index is 220. The topological polar surface area (TPSA) is 51.2 Å². The summed E-state index contributed by atoms with van der Waals surface area (Å²) in [5.74, 6) is 0. The molecule has 5 nitrogen and oxygen atoms in total. The predicted octanol–water partition coefficient (Wildman–Crippen LogP) is -0.171. The Morgan fingerprint density at radius 1 is 1.31 bits per heavy atom. The molecular formula is C11H21NO4. The number of piperidine rings is 1. The first kappa shape index (κ1) is 12.3. The van der Waals surface area contributed by atoms with Crippen molar-refractivity contribution in [3.63, 3.8) is 0 Å². The van der Waals surface area contributed by atoms with Crippen molar-refractivity contribution in [1.82, 2.24) is 4.90 Å². The number of hydrogen-bond donors (Lipinski definition) is 1. The first-order chi connectivity index (χ1) is 7.76. The van der Waals surface area contributed by atoms with Gasteiger partial charge in [0, 0.05) is 39.8 Å². The highest BCUT2D eigenvalue weighted by Gasteiger charge is 2.39. The molecular weight excluding hydrogens is 210 g/mol. The van der Waals surface area contributed by atoms with E-state index < -0.39 is 6.10 Å². The molecule has 94 valence electrons. The molecule has 1 N–H and O–H groups in total. The van der Waals surface area contributed by atoms with E-state index in [1.54, 1.807) is 14.2 Å². The van der Waals surface area contributed by atoms with Gasteiger partial charge in [0.2, 0.25) is 0 Å². The van der Waals surface area contributed by atoms with Gasteiger partial charge in [0.15, 0.2) is 0 Å². The summed E-state index contributed by atoms with van der Waals surface area (Å²) >= 11 is 0. The minimum absolute atomic E-state index is 0.0203. The molecule has 0 aromatic heterocycles. The van der Waals surface area contributed by atoms with Gasteiger partial charge in [-0.2, -0.15) is 0 Å². The molecule has 16 heavy (non-hydrogen) atoms. The molecule has 2 fully saturated rings. The van der Waals surface area contributed by atoms with Gasteiger partial charge in [-0.25, -0.2) is 0 Å². The van der Waals surface area contributed by atoms with Crippen LogP contribution in [-0.4, -0.2) is 68.5 Å². The Balaban J connectivity index is 2.01. The fourth-order valence-corrected chi connectivity index (χ4v) is 2.57. The third-order valence-electron chi connectivity index (χ3n) is 3.58. The van der Waals surface area contributed by atoms with Crippen LogP contribution in [0.4, 0.5) is 0 Å². The maximum Gasteiger partial charge on any atom is 0.113 e. The highest BCUT2D eigenvalue weighted by molar-refractivity contribution is 4.88. The van der Waals surface area contributed by atoms with Crippen LogP contribution in [0.2, 0.25) is 0 Å². The zero-order chi connectivity index (χ0) is 11.5. The Morgan fingerprint density at radius 2 is 2.12 bits per heavy atom. The highest BCUT2D eigenvalue weighted by atomic mass is 16.5. The van der Waals surface area contributed by atoms with Crippen LogP contribution in [0.3, 0.4) is 0 Å². The lowest BCUT2D eigenvalue weighted by Crippen LogP contribution is -2.57. The number of aliphatic hydroxyl groups is 1. The number of rotatable bonds is 3. The van der Waals surface area contributed by atoms with E-state index in [9.17, 15) is 5.11 Å². The third-order valence-corrected chi connectivity index (χ3v) is 3.58. The second-order valence-corrected chi connectivity index (χ2v) is 4.48. The van der Waals surface area contributed by atoms with E-state index in [1.807, 2.05) is 0 Å². The van der Waals surface area contributed by atoms with E-state index in [4.69, 9.17) is 14.2 Å². The zero-order valence-electron chi connectivity index (χ0n) is 9.96. The lowest BCUT2D eigenvalue weighted by Gasteiger charge is -2.43. The third kappa shape index (κ3) is 2.38. The van der Waals surface area contributed by atoms with Crippen molar-refractivity contribution < 1.29 is 19.3 Å². The number of nitrogens with zero attached hydrogens (tertiary/aromatic N) is 1. The normalized spacial score (nSPS) is 41.4. The molecule has 0 aromatic carbocycles. The smallest absolute Gasteiger partial charge is 0.113 e. The van der Waals surface area contributed by atoms with Crippen LogP contribution < -0.4 is 0 Å². The summed E-state index contributed by atoms with van der Waals surface area (Å²) in [6.07, 6.45) is 1.06. The van der Waals surface area contributed by atoms with Gasteiger partial charge in [-0.05, 0) is 6.42 Å². The molecule has 4 atom stereocenters. The van der Waals surface area contributed by atoms with Crippen LogP contribution in [0.1, 0.15) is 12.8 Å². The minimum atomic E-state index is -0.437. The van der Waals surface area contributed by atoms with Gasteiger partial charge in [0.1, 0.15) is 6.23 Å². The molecule has 2 aliphatic heterocycles. The average molecular weight is 231 g/mol. The van der Waals surface area contributed by atoms with Gasteiger partial charge in [0.25, 0.3) is 0 Å². The van der Waals surface area contributed by atoms with Crippen molar-refractivity contribution >= 4 is 0 Å². The Kier molecular flexibility index (Phi) is 4.16. The molecule has 0 spiro atoms. The molecule has 5 heteroatoms. The van der Waals surface area contributed by atoms with Gasteiger partial charge >= 0.3 is 0 Å². The van der Waals surface area contributed by atoms with Crippen molar-refractivity contribution in [2.75, 3.05) is 34.0 Å². The van der Waals surface area contributed by atoms with Crippen LogP contribution in [0.5, 0.6) is 0 Å². The number of hydrogen-bond acceptors (Lipinski definition) is 5. The van der Waals surface area contributed by atoms with Crippen molar-refractivity contribution in [3.05, 3.63) is 0 Å². The molecule has 0 saturated carbocycles. The zero-order valence-corrected chi connectivity index (χ0v) is 9.96. The first-order valence-electron chi connectivity index (χ1n) is 5.83. The van der Waals surface area contributed by atoms with Gasteiger partial charge in [-0.3, -0.25) is 4.90 Å². The molecule has 0 bridgehead atoms. The quantitative estimate of drug-likeness (QED) is 0.731. The van der Waals surface area contributed by atoms with E-state index in [1.165, 1.54) is 0 Å². The summed E-state index contributed by atoms with van der Waals surface area (Å²) in [5.41, 5.74) is 0. The Morgan fingerprint density at radius 3 is 2.69 bits per heavy atom. The van der Waals surface area contributed by atoms with Crippen LogP contribution in [0.15, 0.2) is 0 Å². The molecule has 0 aliphatic carbocycles. The van der Waals surface area contributed by atoms with Gasteiger partial charge in [-0.15, -0.1) is 0 Å². The maximum atomic E-state index is 9.87. The SMILES string of the molecule is COC1CN(C2CCOC2)C(OC)CC1O. The number of aliphatic hydroxyl groups excluding tert-OH is 1. The largest absolute Gasteiger partial charge is 0.390 e. The predicted molar refractivity (Wildman–Crippen MR) is 58.1 cm³/mol. The molecule has 2 rings (SSSR count). The van der Waals surface area contributed by atoms with Crippen molar-refractivity contribution in [1.29, 1.82) is 0 Å². The van der Waals surface area contributed by atoms with E-state index in [0.29, 0.717) is 19.0 Å². The summed E-state index contributed by atoms with van der Waals surface area (Å²) in [4.78, 5) is 2.26. The fourth-order valence-electron chi connectivity index (χ4n) is 2.57. The second kappa shape index (κ2) is 5.42. The van der Waals surface area contributed by atoms with Crippen LogP contribution in [0.25, 0.3) is 0 Å². The fraction of sp³-hybridized carbons (Fsp3) is 1.00. The molecule has 0 aromatic rings. The number of methoxy groups -OCH3 is 2. The molecule has 2 saturated heterocycles. The van der Waals surface area contributed by atoms with Crippen molar-refractivity contribution in [2.24, 2.45) is 0 Å².